The lowest BCUT2D eigenvalue weighted by Crippen LogP contribution is -2.13. The molecule has 1 amide bonds. The fourth-order valence-corrected chi connectivity index (χ4v) is 3.88. The van der Waals surface area contributed by atoms with E-state index in [1.54, 1.807) is 0 Å². The lowest BCUT2D eigenvalue weighted by Gasteiger charge is -2.09. The van der Waals surface area contributed by atoms with Gasteiger partial charge in [0.2, 0.25) is 0 Å². The predicted octanol–water partition coefficient (Wildman–Crippen LogP) is 4.90. The molecule has 1 heterocycles. The number of anilines is 1. The number of non-ortho nitro benzene ring substituents is 1. The Kier molecular flexibility index (Phi) is 5.41. The van der Waals surface area contributed by atoms with E-state index in [0.717, 1.165) is 22.4 Å². The Morgan fingerprint density at radius 3 is 2.46 bits per heavy atom. The van der Waals surface area contributed by atoms with Crippen molar-refractivity contribution >= 4 is 28.1 Å². The van der Waals surface area contributed by atoms with E-state index in [1.165, 1.54) is 42.2 Å². The molecule has 7 nitrogen and oxygen atoms in total. The zero-order valence-corrected chi connectivity index (χ0v) is 16.7. The third-order valence-corrected chi connectivity index (χ3v) is 5.05. The second kappa shape index (κ2) is 7.77. The van der Waals surface area contributed by atoms with Crippen LogP contribution < -0.4 is 10.1 Å². The predicted molar refractivity (Wildman–Crippen MR) is 109 cm³/mol. The number of hydrogen-bond acceptors (Lipinski definition) is 6. The summed E-state index contributed by atoms with van der Waals surface area (Å²) in [5.41, 5.74) is 5.12. The summed E-state index contributed by atoms with van der Waals surface area (Å²) >= 11 is 1.30. The first-order chi connectivity index (χ1) is 13.3. The number of benzene rings is 2. The number of nitro benzene ring substituents is 1. The highest BCUT2D eigenvalue weighted by Crippen LogP contribution is 2.32. The molecule has 3 aromatic rings. The van der Waals surface area contributed by atoms with Crippen molar-refractivity contribution in [3.63, 3.8) is 0 Å². The molecule has 0 aliphatic heterocycles. The Hall–Kier alpha value is -3.26. The van der Waals surface area contributed by atoms with Gasteiger partial charge >= 0.3 is 0 Å². The van der Waals surface area contributed by atoms with Crippen molar-refractivity contribution in [2.75, 3.05) is 12.4 Å². The lowest BCUT2D eigenvalue weighted by molar-refractivity contribution is -0.384. The van der Waals surface area contributed by atoms with Gasteiger partial charge in [0.25, 0.3) is 11.6 Å². The Balaban J connectivity index is 1.89. The number of carbonyl (C=O) groups excluding carboxylic acids is 1. The van der Waals surface area contributed by atoms with Crippen LogP contribution in [0.2, 0.25) is 0 Å². The highest BCUT2D eigenvalue weighted by Gasteiger charge is 2.19. The second-order valence-electron chi connectivity index (χ2n) is 6.41. The van der Waals surface area contributed by atoms with Gasteiger partial charge in [0.15, 0.2) is 5.13 Å². The van der Waals surface area contributed by atoms with Gasteiger partial charge in [-0.3, -0.25) is 20.2 Å². The molecule has 0 aliphatic rings. The van der Waals surface area contributed by atoms with Gasteiger partial charge in [-0.05, 0) is 38.0 Å². The van der Waals surface area contributed by atoms with Crippen LogP contribution in [0.1, 0.15) is 27.0 Å². The maximum Gasteiger partial charge on any atom is 0.270 e. The summed E-state index contributed by atoms with van der Waals surface area (Å²) < 4.78 is 5.16. The maximum absolute atomic E-state index is 12.6. The van der Waals surface area contributed by atoms with Crippen LogP contribution in [0.5, 0.6) is 5.75 Å². The minimum absolute atomic E-state index is 0.0798. The number of ether oxygens (including phenoxy) is 1. The Morgan fingerprint density at radius 2 is 1.86 bits per heavy atom. The lowest BCUT2D eigenvalue weighted by atomic mass is 9.98. The van der Waals surface area contributed by atoms with Gasteiger partial charge < -0.3 is 4.74 Å². The van der Waals surface area contributed by atoms with E-state index in [-0.39, 0.29) is 17.0 Å². The molecular formula is C20H19N3O4S. The molecule has 0 bridgehead atoms. The molecule has 0 aliphatic carbocycles. The van der Waals surface area contributed by atoms with Crippen molar-refractivity contribution < 1.29 is 14.5 Å². The van der Waals surface area contributed by atoms with E-state index in [2.05, 4.69) is 22.4 Å². The number of methoxy groups -OCH3 is 1. The summed E-state index contributed by atoms with van der Waals surface area (Å²) in [5.74, 6) is -0.260. The molecule has 8 heteroatoms. The molecule has 0 atom stereocenters. The number of nitrogens with one attached hydrogen (secondary N) is 1. The maximum atomic E-state index is 12.6. The van der Waals surface area contributed by atoms with Crippen LogP contribution in [0.15, 0.2) is 35.7 Å². The standard InChI is InChI=1S/C20H19N3O4S/c1-11-7-12(2)18(13(3)8-11)16-10-28-20(21-16)22-19(24)15-9-14(23(25)26)5-6-17(15)27-4/h5-10H,1-4H3,(H,21,22,24). The van der Waals surface area contributed by atoms with Crippen LogP contribution in [-0.2, 0) is 0 Å². The summed E-state index contributed by atoms with van der Waals surface area (Å²) in [6.45, 7) is 6.10. The van der Waals surface area contributed by atoms with Crippen LogP contribution in [0.4, 0.5) is 10.8 Å². The quantitative estimate of drug-likeness (QED) is 0.488. The van der Waals surface area contributed by atoms with Gasteiger partial charge in [-0.15, -0.1) is 11.3 Å². The van der Waals surface area contributed by atoms with Crippen molar-refractivity contribution in [3.05, 3.63) is 68.1 Å². The van der Waals surface area contributed by atoms with Gasteiger partial charge in [-0.1, -0.05) is 17.7 Å². The third-order valence-electron chi connectivity index (χ3n) is 4.30. The van der Waals surface area contributed by atoms with Crippen molar-refractivity contribution in [1.82, 2.24) is 4.98 Å². The van der Waals surface area contributed by atoms with E-state index in [1.807, 2.05) is 26.2 Å². The fraction of sp³-hybridized carbons (Fsp3) is 0.200. The highest BCUT2D eigenvalue weighted by atomic mass is 32.1. The number of amides is 1. The van der Waals surface area contributed by atoms with Crippen molar-refractivity contribution in [2.45, 2.75) is 20.8 Å². The van der Waals surface area contributed by atoms with Crippen molar-refractivity contribution in [1.29, 1.82) is 0 Å². The average Bonchev–Trinajstić information content (AvgIpc) is 3.08. The van der Waals surface area contributed by atoms with Gasteiger partial charge in [0, 0.05) is 23.1 Å². The molecule has 0 saturated carbocycles. The topological polar surface area (TPSA) is 94.4 Å². The number of rotatable bonds is 5. The molecule has 1 aromatic heterocycles. The third kappa shape index (κ3) is 3.86. The SMILES string of the molecule is COc1ccc([N+](=O)[O-])cc1C(=O)Nc1nc(-c2c(C)cc(C)cc2C)cs1. The smallest absolute Gasteiger partial charge is 0.270 e. The Labute approximate surface area is 166 Å². The summed E-state index contributed by atoms with van der Waals surface area (Å²) in [7, 11) is 1.41. The number of hydrogen-bond donors (Lipinski definition) is 1. The molecule has 0 unspecified atom stereocenters. The zero-order chi connectivity index (χ0) is 20.4. The van der Waals surface area contributed by atoms with Gasteiger partial charge in [0.1, 0.15) is 5.75 Å². The van der Waals surface area contributed by atoms with Gasteiger partial charge in [0.05, 0.1) is 23.3 Å². The van der Waals surface area contributed by atoms with Crippen molar-refractivity contribution in [2.24, 2.45) is 0 Å². The van der Waals surface area contributed by atoms with Crippen LogP contribution in [0.3, 0.4) is 0 Å². The molecule has 0 saturated heterocycles. The monoisotopic (exact) mass is 397 g/mol. The highest BCUT2D eigenvalue weighted by molar-refractivity contribution is 7.14. The molecule has 28 heavy (non-hydrogen) atoms. The molecule has 0 spiro atoms. The van der Waals surface area contributed by atoms with Crippen LogP contribution in [-0.4, -0.2) is 22.9 Å². The zero-order valence-electron chi connectivity index (χ0n) is 15.9. The van der Waals surface area contributed by atoms with E-state index in [0.29, 0.717) is 5.13 Å². The molecular weight excluding hydrogens is 378 g/mol. The molecule has 2 aromatic carbocycles. The summed E-state index contributed by atoms with van der Waals surface area (Å²) in [5, 5.41) is 16.0. The molecule has 144 valence electrons. The minimum Gasteiger partial charge on any atom is -0.496 e. The number of nitrogens with zero attached hydrogens (tertiary/aromatic N) is 2. The Bertz CT molecular complexity index is 1050. The largest absolute Gasteiger partial charge is 0.496 e. The van der Waals surface area contributed by atoms with Crippen LogP contribution in [0, 0.1) is 30.9 Å². The van der Waals surface area contributed by atoms with Crippen LogP contribution >= 0.6 is 11.3 Å². The first kappa shape index (κ1) is 19.5. The van der Waals surface area contributed by atoms with Gasteiger partial charge in [-0.2, -0.15) is 0 Å². The normalized spacial score (nSPS) is 10.6. The number of aryl methyl sites for hydroxylation is 3. The van der Waals surface area contributed by atoms with E-state index < -0.39 is 10.8 Å². The van der Waals surface area contributed by atoms with Crippen molar-refractivity contribution in [3.8, 4) is 17.0 Å². The number of carbonyl (C=O) groups is 1. The Morgan fingerprint density at radius 1 is 1.18 bits per heavy atom. The van der Waals surface area contributed by atoms with E-state index in [4.69, 9.17) is 4.74 Å². The van der Waals surface area contributed by atoms with E-state index in [9.17, 15) is 14.9 Å². The summed E-state index contributed by atoms with van der Waals surface area (Å²) in [4.78, 5) is 27.6. The molecule has 0 fully saturated rings. The first-order valence-corrected chi connectivity index (χ1v) is 9.35. The summed E-state index contributed by atoms with van der Waals surface area (Å²) in [6, 6.07) is 8.07. The van der Waals surface area contributed by atoms with Gasteiger partial charge in [-0.25, -0.2) is 4.98 Å². The summed E-state index contributed by atoms with van der Waals surface area (Å²) in [6.07, 6.45) is 0. The minimum atomic E-state index is -0.555. The number of aromatic nitrogens is 1. The first-order valence-electron chi connectivity index (χ1n) is 8.47. The molecule has 3 rings (SSSR count). The number of thiazole rings is 1. The fourth-order valence-electron chi connectivity index (χ4n) is 3.18. The van der Waals surface area contributed by atoms with E-state index >= 15 is 0 Å². The average molecular weight is 397 g/mol. The van der Waals surface area contributed by atoms with Crippen LogP contribution in [0.25, 0.3) is 11.3 Å². The number of nitro groups is 1. The molecule has 0 radical (unpaired) electrons. The molecule has 1 N–H and O–H groups in total. The second-order valence-corrected chi connectivity index (χ2v) is 7.27.